The quantitative estimate of drug-likeness (QED) is 0.725. The zero-order valence-electron chi connectivity index (χ0n) is 11.7. The first-order chi connectivity index (χ1) is 9.56. The summed E-state index contributed by atoms with van der Waals surface area (Å²) in [5.41, 5.74) is 0.446. The molecule has 0 bridgehead atoms. The predicted molar refractivity (Wildman–Crippen MR) is 72.8 cm³/mol. The van der Waals surface area contributed by atoms with E-state index in [0.29, 0.717) is 13.2 Å². The van der Waals surface area contributed by atoms with Crippen molar-refractivity contribution >= 4 is 11.7 Å². The van der Waals surface area contributed by atoms with Crippen LogP contribution in [-0.2, 0) is 20.8 Å². The van der Waals surface area contributed by atoms with Crippen molar-refractivity contribution in [1.82, 2.24) is 9.78 Å². The number of ether oxygens (including phenoxy) is 2. The predicted octanol–water partition coefficient (Wildman–Crippen LogP) is 0.0315. The van der Waals surface area contributed by atoms with Gasteiger partial charge in [-0.3, -0.25) is 9.59 Å². The van der Waals surface area contributed by atoms with Crippen LogP contribution in [0.1, 0.15) is 13.8 Å². The maximum absolute atomic E-state index is 11.9. The number of aromatic nitrogens is 2. The molecule has 110 valence electrons. The van der Waals surface area contributed by atoms with Crippen molar-refractivity contribution in [1.29, 1.82) is 0 Å². The minimum atomic E-state index is -0.464. The molecular weight excluding hydrogens is 262 g/mol. The number of morpholine rings is 1. The zero-order valence-corrected chi connectivity index (χ0v) is 11.7. The van der Waals surface area contributed by atoms with E-state index in [1.807, 2.05) is 4.90 Å². The Bertz CT molecular complexity index is 521. The fraction of sp³-hybridized carbons (Fsp3) is 0.615. The monoisotopic (exact) mass is 281 g/mol. The molecule has 1 aromatic rings. The van der Waals surface area contributed by atoms with E-state index in [1.54, 1.807) is 20.0 Å². The average Bonchev–Trinajstić information content (AvgIpc) is 2.41. The summed E-state index contributed by atoms with van der Waals surface area (Å²) in [5.74, 6) is -0.464. The molecule has 0 spiro atoms. The van der Waals surface area contributed by atoms with Crippen molar-refractivity contribution in [3.63, 3.8) is 0 Å². The smallest absolute Gasteiger partial charge is 0.328 e. The van der Waals surface area contributed by atoms with Crippen LogP contribution >= 0.6 is 0 Å². The molecule has 0 amide bonds. The second kappa shape index (κ2) is 6.51. The second-order valence-electron chi connectivity index (χ2n) is 4.85. The lowest BCUT2D eigenvalue weighted by molar-refractivity contribution is -0.148. The van der Waals surface area contributed by atoms with Gasteiger partial charge in [-0.15, -0.1) is 0 Å². The summed E-state index contributed by atoms with van der Waals surface area (Å²) >= 11 is 0. The molecule has 1 aliphatic heterocycles. The molecule has 2 heterocycles. The van der Waals surface area contributed by atoms with Gasteiger partial charge in [-0.05, 0) is 13.8 Å². The first-order valence-electron chi connectivity index (χ1n) is 6.65. The van der Waals surface area contributed by atoms with Gasteiger partial charge in [0.1, 0.15) is 6.54 Å². The highest BCUT2D eigenvalue weighted by atomic mass is 16.5. The van der Waals surface area contributed by atoms with Crippen molar-refractivity contribution in [2.75, 3.05) is 31.2 Å². The number of anilines is 1. The number of esters is 1. The van der Waals surface area contributed by atoms with Crippen molar-refractivity contribution in [3.8, 4) is 0 Å². The van der Waals surface area contributed by atoms with Crippen LogP contribution in [0.3, 0.4) is 0 Å². The van der Waals surface area contributed by atoms with E-state index >= 15 is 0 Å². The molecule has 0 atom stereocenters. The molecular formula is C13H19N3O4. The van der Waals surface area contributed by atoms with Gasteiger partial charge < -0.3 is 14.4 Å². The third kappa shape index (κ3) is 3.80. The summed E-state index contributed by atoms with van der Waals surface area (Å²) in [4.78, 5) is 25.5. The fourth-order valence-corrected chi connectivity index (χ4v) is 1.96. The van der Waals surface area contributed by atoms with Crippen LogP contribution in [0.25, 0.3) is 0 Å². The third-order valence-corrected chi connectivity index (χ3v) is 2.88. The van der Waals surface area contributed by atoms with Crippen LogP contribution in [0, 0.1) is 0 Å². The number of rotatable bonds is 4. The van der Waals surface area contributed by atoms with Gasteiger partial charge in [0.2, 0.25) is 0 Å². The molecule has 0 aliphatic carbocycles. The molecule has 1 fully saturated rings. The van der Waals surface area contributed by atoms with E-state index in [-0.39, 0.29) is 18.2 Å². The maximum atomic E-state index is 11.9. The maximum Gasteiger partial charge on any atom is 0.328 e. The molecule has 0 saturated carbocycles. The summed E-state index contributed by atoms with van der Waals surface area (Å²) in [6.07, 6.45) is 1.39. The van der Waals surface area contributed by atoms with Crippen LogP contribution < -0.4 is 10.5 Å². The van der Waals surface area contributed by atoms with Crippen molar-refractivity contribution < 1.29 is 14.3 Å². The highest BCUT2D eigenvalue weighted by Gasteiger charge is 2.14. The molecule has 7 nitrogen and oxygen atoms in total. The van der Waals surface area contributed by atoms with Gasteiger partial charge >= 0.3 is 5.97 Å². The normalized spacial score (nSPS) is 15.4. The van der Waals surface area contributed by atoms with Gasteiger partial charge in [0.15, 0.2) is 0 Å². The van der Waals surface area contributed by atoms with Gasteiger partial charge in [0.25, 0.3) is 5.56 Å². The van der Waals surface area contributed by atoms with E-state index in [1.165, 1.54) is 6.07 Å². The van der Waals surface area contributed by atoms with E-state index in [2.05, 4.69) is 5.10 Å². The number of hydrogen-bond donors (Lipinski definition) is 0. The topological polar surface area (TPSA) is 73.7 Å². The molecule has 0 radical (unpaired) electrons. The Kier molecular flexibility index (Phi) is 4.73. The SMILES string of the molecule is CC(C)OC(=O)Cn1ncc(N2CCOCC2)cc1=O. The Morgan fingerprint density at radius 2 is 2.15 bits per heavy atom. The van der Waals surface area contributed by atoms with Gasteiger partial charge in [-0.2, -0.15) is 5.10 Å². The van der Waals surface area contributed by atoms with Crippen LogP contribution in [0.15, 0.2) is 17.1 Å². The lowest BCUT2D eigenvalue weighted by Crippen LogP contribution is -2.37. The van der Waals surface area contributed by atoms with Crippen molar-refractivity contribution in [3.05, 3.63) is 22.6 Å². The minimum Gasteiger partial charge on any atom is -0.462 e. The van der Waals surface area contributed by atoms with E-state index in [4.69, 9.17) is 9.47 Å². The summed E-state index contributed by atoms with van der Waals surface area (Å²) in [6.45, 7) is 6.11. The Hall–Kier alpha value is -1.89. The van der Waals surface area contributed by atoms with E-state index < -0.39 is 5.97 Å². The summed E-state index contributed by atoms with van der Waals surface area (Å²) < 4.78 is 11.4. The molecule has 1 aliphatic rings. The van der Waals surface area contributed by atoms with Gasteiger partial charge in [-0.1, -0.05) is 0 Å². The molecule has 2 rings (SSSR count). The fourth-order valence-electron chi connectivity index (χ4n) is 1.96. The summed E-state index contributed by atoms with van der Waals surface area (Å²) in [6, 6.07) is 1.49. The number of carbonyl (C=O) groups excluding carboxylic acids is 1. The highest BCUT2D eigenvalue weighted by molar-refractivity contribution is 5.69. The molecule has 20 heavy (non-hydrogen) atoms. The minimum absolute atomic E-state index is 0.166. The Morgan fingerprint density at radius 1 is 1.45 bits per heavy atom. The number of carbonyl (C=O) groups is 1. The Balaban J connectivity index is 2.05. The lowest BCUT2D eigenvalue weighted by atomic mass is 10.3. The van der Waals surface area contributed by atoms with E-state index in [0.717, 1.165) is 23.5 Å². The molecule has 7 heteroatoms. The average molecular weight is 281 g/mol. The summed E-state index contributed by atoms with van der Waals surface area (Å²) in [5, 5.41) is 4.02. The lowest BCUT2D eigenvalue weighted by Gasteiger charge is -2.28. The molecule has 1 aromatic heterocycles. The second-order valence-corrected chi connectivity index (χ2v) is 4.85. The zero-order chi connectivity index (χ0) is 14.5. The van der Waals surface area contributed by atoms with Crippen LogP contribution in [-0.4, -0.2) is 48.2 Å². The van der Waals surface area contributed by atoms with Gasteiger partial charge in [0.05, 0.1) is 31.2 Å². The number of hydrogen-bond acceptors (Lipinski definition) is 6. The van der Waals surface area contributed by atoms with Gasteiger partial charge in [0, 0.05) is 19.2 Å². The molecule has 1 saturated heterocycles. The standard InChI is InChI=1S/C13H19N3O4/c1-10(2)20-13(18)9-16-12(17)7-11(8-14-16)15-3-5-19-6-4-15/h7-8,10H,3-6,9H2,1-2H3. The largest absolute Gasteiger partial charge is 0.462 e. The van der Waals surface area contributed by atoms with Crippen LogP contribution in [0.2, 0.25) is 0 Å². The summed E-state index contributed by atoms with van der Waals surface area (Å²) in [7, 11) is 0. The van der Waals surface area contributed by atoms with E-state index in [9.17, 15) is 9.59 Å². The molecule has 0 unspecified atom stereocenters. The first-order valence-corrected chi connectivity index (χ1v) is 6.65. The Morgan fingerprint density at radius 3 is 2.75 bits per heavy atom. The van der Waals surface area contributed by atoms with Crippen LogP contribution in [0.4, 0.5) is 5.69 Å². The highest BCUT2D eigenvalue weighted by Crippen LogP contribution is 2.11. The third-order valence-electron chi connectivity index (χ3n) is 2.88. The van der Waals surface area contributed by atoms with Gasteiger partial charge in [-0.25, -0.2) is 4.68 Å². The van der Waals surface area contributed by atoms with Crippen LogP contribution in [0.5, 0.6) is 0 Å². The van der Waals surface area contributed by atoms with Crippen molar-refractivity contribution in [2.45, 2.75) is 26.5 Å². The number of nitrogens with zero attached hydrogens (tertiary/aromatic N) is 3. The Labute approximate surface area is 117 Å². The first kappa shape index (κ1) is 14.5. The van der Waals surface area contributed by atoms with Crippen molar-refractivity contribution in [2.24, 2.45) is 0 Å². The molecule has 0 N–H and O–H groups in total. The molecule has 0 aromatic carbocycles.